The minimum atomic E-state index is -0.468. The molecule has 5 aromatic rings. The molecule has 0 aliphatic carbocycles. The molecule has 0 spiro atoms. The highest BCUT2D eigenvalue weighted by Gasteiger charge is 2.31. The second-order valence-corrected chi connectivity index (χ2v) is 10.3. The average molecular weight is 554 g/mol. The smallest absolute Gasteiger partial charge is 0.243 e. The summed E-state index contributed by atoms with van der Waals surface area (Å²) in [6.45, 7) is 8.65. The van der Waals surface area contributed by atoms with Crippen molar-refractivity contribution in [3.63, 3.8) is 0 Å². The van der Waals surface area contributed by atoms with Crippen molar-refractivity contribution in [3.8, 4) is 11.5 Å². The molecule has 208 valence electrons. The fourth-order valence-electron chi connectivity index (χ4n) is 4.91. The molecule has 3 N–H and O–H groups in total. The lowest BCUT2D eigenvalue weighted by atomic mass is 9.89. The first kappa shape index (κ1) is 26.1. The second-order valence-electron chi connectivity index (χ2n) is 10.3. The first-order valence-electron chi connectivity index (χ1n) is 13.2. The van der Waals surface area contributed by atoms with Crippen LogP contribution in [0.5, 0.6) is 11.5 Å². The van der Waals surface area contributed by atoms with Gasteiger partial charge in [-0.2, -0.15) is 15.4 Å². The van der Waals surface area contributed by atoms with Crippen molar-refractivity contribution in [3.05, 3.63) is 72.8 Å². The molecule has 1 aliphatic rings. The van der Waals surface area contributed by atoms with Gasteiger partial charge >= 0.3 is 0 Å². The molecule has 1 saturated heterocycles. The van der Waals surface area contributed by atoms with E-state index in [1.807, 2.05) is 19.1 Å². The van der Waals surface area contributed by atoms with Crippen LogP contribution >= 0.6 is 0 Å². The van der Waals surface area contributed by atoms with Crippen molar-refractivity contribution in [2.24, 2.45) is 0 Å². The number of fused-ring (bicyclic) bond motifs is 2. The molecule has 0 saturated carbocycles. The van der Waals surface area contributed by atoms with E-state index in [1.165, 1.54) is 12.4 Å². The SMILES string of the molecule is C=CC(=O)NC1(C)CCN(c2ccc3ncnc(Nc4ccc(Oc5ccc6n[nH]nc6c5)c(C)c4F)c3n2)CC1. The number of nitrogens with zero attached hydrogens (tertiary/aromatic N) is 6. The highest BCUT2D eigenvalue weighted by molar-refractivity contribution is 5.89. The highest BCUT2D eigenvalue weighted by atomic mass is 19.1. The van der Waals surface area contributed by atoms with Gasteiger partial charge in [0.25, 0.3) is 0 Å². The normalized spacial score (nSPS) is 14.7. The number of carbonyl (C=O) groups is 1. The third-order valence-corrected chi connectivity index (χ3v) is 7.37. The summed E-state index contributed by atoms with van der Waals surface area (Å²) in [5, 5.41) is 16.8. The van der Waals surface area contributed by atoms with Crippen molar-refractivity contribution >= 4 is 45.3 Å². The molecule has 1 amide bonds. The Morgan fingerprint density at radius 1 is 1.10 bits per heavy atom. The Balaban J connectivity index is 1.22. The summed E-state index contributed by atoms with van der Waals surface area (Å²) in [7, 11) is 0. The van der Waals surface area contributed by atoms with E-state index in [4.69, 9.17) is 9.72 Å². The van der Waals surface area contributed by atoms with Crippen LogP contribution in [0.3, 0.4) is 0 Å². The lowest BCUT2D eigenvalue weighted by Gasteiger charge is -2.40. The third kappa shape index (κ3) is 5.23. The Bertz CT molecular complexity index is 1780. The lowest BCUT2D eigenvalue weighted by molar-refractivity contribution is -0.118. The summed E-state index contributed by atoms with van der Waals surface area (Å²) in [5.41, 5.74) is 2.79. The number of benzene rings is 2. The number of hydrogen-bond donors (Lipinski definition) is 3. The van der Waals surface area contributed by atoms with Gasteiger partial charge in [0, 0.05) is 30.3 Å². The molecule has 6 rings (SSSR count). The number of pyridine rings is 1. The van der Waals surface area contributed by atoms with Crippen LogP contribution in [-0.2, 0) is 4.79 Å². The van der Waals surface area contributed by atoms with Crippen molar-refractivity contribution in [1.82, 2.24) is 35.7 Å². The van der Waals surface area contributed by atoms with Gasteiger partial charge in [-0.1, -0.05) is 6.58 Å². The van der Waals surface area contributed by atoms with Crippen LogP contribution in [0, 0.1) is 12.7 Å². The number of anilines is 3. The van der Waals surface area contributed by atoms with Crippen LogP contribution in [0.2, 0.25) is 0 Å². The van der Waals surface area contributed by atoms with Crippen LogP contribution in [0.15, 0.2) is 61.4 Å². The standard InChI is InChI=1S/C29H28FN9O2/c1-4-25(40)35-29(3)11-13-39(14-12-29)24-10-8-21-27(34-24)28(32-16-31-21)33-20-7-9-23(17(2)26(20)30)41-18-5-6-19-22(15-18)37-38-36-19/h4-10,15-16H,1,11-14H2,2-3H3,(H,35,40)(H,31,32,33)(H,36,37,38). The number of nitrogens with one attached hydrogen (secondary N) is 3. The summed E-state index contributed by atoms with van der Waals surface area (Å²) in [4.78, 5) is 27.5. The van der Waals surface area contributed by atoms with E-state index in [-0.39, 0.29) is 17.1 Å². The highest BCUT2D eigenvalue weighted by Crippen LogP contribution is 2.34. The van der Waals surface area contributed by atoms with E-state index in [9.17, 15) is 4.79 Å². The van der Waals surface area contributed by atoms with Gasteiger partial charge in [-0.15, -0.1) is 0 Å². The zero-order valence-electron chi connectivity index (χ0n) is 22.6. The quantitative estimate of drug-likeness (QED) is 0.240. The van der Waals surface area contributed by atoms with E-state index < -0.39 is 5.82 Å². The number of aromatic amines is 1. The van der Waals surface area contributed by atoms with E-state index in [1.54, 1.807) is 37.3 Å². The summed E-state index contributed by atoms with van der Waals surface area (Å²) in [6, 6.07) is 12.4. The number of H-pyrrole nitrogens is 1. The minimum Gasteiger partial charge on any atom is -0.457 e. The Kier molecular flexibility index (Phi) is 6.66. The molecule has 0 atom stereocenters. The monoisotopic (exact) mass is 553 g/mol. The molecule has 4 heterocycles. The van der Waals surface area contributed by atoms with Crippen molar-refractivity contribution in [2.45, 2.75) is 32.2 Å². The second kappa shape index (κ2) is 10.5. The Morgan fingerprint density at radius 2 is 1.88 bits per heavy atom. The van der Waals surface area contributed by atoms with Crippen LogP contribution in [0.4, 0.5) is 21.7 Å². The third-order valence-electron chi connectivity index (χ3n) is 7.37. The number of carbonyl (C=O) groups excluding carboxylic acids is 1. The fourth-order valence-corrected chi connectivity index (χ4v) is 4.91. The molecule has 2 aromatic carbocycles. The van der Waals surface area contributed by atoms with Crippen molar-refractivity contribution in [2.75, 3.05) is 23.3 Å². The number of halogens is 1. The summed E-state index contributed by atoms with van der Waals surface area (Å²) >= 11 is 0. The zero-order valence-corrected chi connectivity index (χ0v) is 22.6. The van der Waals surface area contributed by atoms with Gasteiger partial charge < -0.3 is 20.3 Å². The van der Waals surface area contributed by atoms with Gasteiger partial charge in [0.05, 0.1) is 11.2 Å². The first-order chi connectivity index (χ1) is 19.8. The van der Waals surface area contributed by atoms with Crippen molar-refractivity contribution < 1.29 is 13.9 Å². The molecule has 0 unspecified atom stereocenters. The van der Waals surface area contributed by atoms with Gasteiger partial charge in [-0.3, -0.25) is 4.79 Å². The van der Waals surface area contributed by atoms with Gasteiger partial charge in [-0.05, 0) is 69.2 Å². The maximum Gasteiger partial charge on any atom is 0.243 e. The van der Waals surface area contributed by atoms with Gasteiger partial charge in [-0.25, -0.2) is 19.3 Å². The largest absolute Gasteiger partial charge is 0.457 e. The first-order valence-corrected chi connectivity index (χ1v) is 13.2. The summed E-state index contributed by atoms with van der Waals surface area (Å²) in [6.07, 6.45) is 4.23. The Morgan fingerprint density at radius 3 is 2.68 bits per heavy atom. The molecular weight excluding hydrogens is 525 g/mol. The van der Waals surface area contributed by atoms with E-state index in [0.29, 0.717) is 58.0 Å². The average Bonchev–Trinajstić information content (AvgIpc) is 3.45. The van der Waals surface area contributed by atoms with Crippen LogP contribution < -0.4 is 20.3 Å². The number of amides is 1. The minimum absolute atomic E-state index is 0.173. The van der Waals surface area contributed by atoms with Gasteiger partial charge in [0.1, 0.15) is 40.2 Å². The van der Waals surface area contributed by atoms with Gasteiger partial charge in [0.2, 0.25) is 5.91 Å². The Hall–Kier alpha value is -5.13. The van der Waals surface area contributed by atoms with Crippen LogP contribution in [-0.4, -0.2) is 54.9 Å². The molecule has 1 aliphatic heterocycles. The van der Waals surface area contributed by atoms with E-state index in [0.717, 1.165) is 18.7 Å². The maximum atomic E-state index is 15.5. The van der Waals surface area contributed by atoms with E-state index >= 15 is 4.39 Å². The molecule has 41 heavy (non-hydrogen) atoms. The number of aromatic nitrogens is 6. The molecule has 11 nitrogen and oxygen atoms in total. The number of hydrogen-bond acceptors (Lipinski definition) is 9. The predicted molar refractivity (Wildman–Crippen MR) is 154 cm³/mol. The number of ether oxygens (including phenoxy) is 1. The number of rotatable bonds is 7. The summed E-state index contributed by atoms with van der Waals surface area (Å²) < 4.78 is 21.5. The molecule has 12 heteroatoms. The molecule has 0 bridgehead atoms. The van der Waals surface area contributed by atoms with Crippen molar-refractivity contribution in [1.29, 1.82) is 0 Å². The predicted octanol–water partition coefficient (Wildman–Crippen LogP) is 4.94. The topological polar surface area (TPSA) is 134 Å². The molecule has 0 radical (unpaired) electrons. The molecular formula is C29H28FN9O2. The fraction of sp³-hybridized carbons (Fsp3) is 0.241. The molecule has 1 fully saturated rings. The zero-order chi connectivity index (χ0) is 28.6. The maximum absolute atomic E-state index is 15.5. The molecule has 3 aromatic heterocycles. The summed E-state index contributed by atoms with van der Waals surface area (Å²) in [5.74, 6) is 1.41. The number of piperidine rings is 1. The lowest BCUT2D eigenvalue weighted by Crippen LogP contribution is -2.53. The van der Waals surface area contributed by atoms with Gasteiger partial charge in [0.15, 0.2) is 11.6 Å². The Labute approximate surface area is 234 Å². The van der Waals surface area contributed by atoms with Crippen LogP contribution in [0.1, 0.15) is 25.3 Å². The van der Waals surface area contributed by atoms with Crippen LogP contribution in [0.25, 0.3) is 22.1 Å². The van der Waals surface area contributed by atoms with E-state index in [2.05, 4.69) is 47.5 Å².